The van der Waals surface area contributed by atoms with Crippen molar-refractivity contribution in [2.75, 3.05) is 38.9 Å². The predicted molar refractivity (Wildman–Crippen MR) is 109 cm³/mol. The molecule has 0 amide bonds. The zero-order valence-electron chi connectivity index (χ0n) is 17.3. The monoisotopic (exact) mass is 436 g/mol. The highest BCUT2D eigenvalue weighted by Gasteiger charge is 2.25. The molecule has 3 heterocycles. The number of fused-ring (bicyclic) bond motifs is 1. The average molecular weight is 436 g/mol. The number of nitrogens with zero attached hydrogens (tertiary/aromatic N) is 2. The van der Waals surface area contributed by atoms with Crippen molar-refractivity contribution in [3.05, 3.63) is 29.3 Å². The van der Waals surface area contributed by atoms with Gasteiger partial charge in [0.15, 0.2) is 12.6 Å². The van der Waals surface area contributed by atoms with E-state index in [2.05, 4.69) is 25.6 Å². The van der Waals surface area contributed by atoms with Gasteiger partial charge in [0.2, 0.25) is 0 Å². The van der Waals surface area contributed by atoms with E-state index in [4.69, 9.17) is 14.2 Å². The number of hydrogen-bond donors (Lipinski definition) is 2. The molecule has 1 aromatic heterocycles. The molecule has 4 rings (SSSR count). The first-order valence-corrected chi connectivity index (χ1v) is 10.3. The minimum absolute atomic E-state index is 0.00832. The summed E-state index contributed by atoms with van der Waals surface area (Å²) in [6.07, 6.45) is 2.89. The van der Waals surface area contributed by atoms with Gasteiger partial charge in [0, 0.05) is 42.5 Å². The molecule has 10 heteroatoms. The highest BCUT2D eigenvalue weighted by atomic mass is 19.3. The summed E-state index contributed by atoms with van der Waals surface area (Å²) in [5.74, 6) is 1.08. The summed E-state index contributed by atoms with van der Waals surface area (Å²) in [6, 6.07) is 4.80. The lowest BCUT2D eigenvalue weighted by atomic mass is 9.97. The van der Waals surface area contributed by atoms with Crippen molar-refractivity contribution in [1.82, 2.24) is 15.5 Å². The van der Waals surface area contributed by atoms with Crippen molar-refractivity contribution < 1.29 is 27.7 Å². The second-order valence-corrected chi connectivity index (χ2v) is 7.43. The van der Waals surface area contributed by atoms with Crippen LogP contribution in [0.25, 0.3) is 11.3 Å². The number of halogens is 2. The Labute approximate surface area is 179 Å². The molecule has 0 saturated carbocycles. The topological polar surface area (TPSA) is 86.8 Å². The number of aromatic nitrogens is 2. The third kappa shape index (κ3) is 5.20. The Morgan fingerprint density at radius 2 is 2.19 bits per heavy atom. The molecule has 2 aliphatic rings. The van der Waals surface area contributed by atoms with Crippen LogP contribution in [0.3, 0.4) is 0 Å². The Balaban J connectivity index is 1.70. The van der Waals surface area contributed by atoms with Crippen LogP contribution >= 0.6 is 0 Å². The van der Waals surface area contributed by atoms with E-state index in [1.807, 2.05) is 0 Å². The molecule has 2 aromatic rings. The molecule has 0 spiro atoms. The summed E-state index contributed by atoms with van der Waals surface area (Å²) in [5.41, 5.74) is 3.18. The molecule has 31 heavy (non-hydrogen) atoms. The lowest BCUT2D eigenvalue weighted by molar-refractivity contribution is -0.0500. The summed E-state index contributed by atoms with van der Waals surface area (Å²) < 4.78 is 46.1. The van der Waals surface area contributed by atoms with Crippen molar-refractivity contribution in [2.45, 2.75) is 38.5 Å². The van der Waals surface area contributed by atoms with Gasteiger partial charge >= 0.3 is 6.61 Å². The van der Waals surface area contributed by atoms with E-state index < -0.39 is 6.61 Å². The molecule has 168 valence electrons. The largest absolute Gasteiger partial charge is 0.467 e. The smallest absolute Gasteiger partial charge is 0.387 e. The Hall–Kier alpha value is -2.56. The minimum Gasteiger partial charge on any atom is -0.467 e. The number of benzene rings is 1. The quantitative estimate of drug-likeness (QED) is 0.611. The van der Waals surface area contributed by atoms with Gasteiger partial charge in [-0.05, 0) is 37.9 Å². The normalized spacial score (nSPS) is 18.5. The van der Waals surface area contributed by atoms with Crippen LogP contribution in [0.2, 0.25) is 0 Å². The predicted octanol–water partition coefficient (Wildman–Crippen LogP) is 2.96. The highest BCUT2D eigenvalue weighted by molar-refractivity contribution is 5.73. The van der Waals surface area contributed by atoms with Crippen molar-refractivity contribution >= 4 is 5.82 Å². The molecular formula is C21H26F2N4O4. The maximum absolute atomic E-state index is 12.7. The maximum Gasteiger partial charge on any atom is 0.387 e. The summed E-state index contributed by atoms with van der Waals surface area (Å²) >= 11 is 0. The van der Waals surface area contributed by atoms with Gasteiger partial charge in [0.1, 0.15) is 17.2 Å². The molecule has 1 fully saturated rings. The zero-order chi connectivity index (χ0) is 21.6. The van der Waals surface area contributed by atoms with Gasteiger partial charge in [0.05, 0.1) is 13.2 Å². The van der Waals surface area contributed by atoms with Crippen LogP contribution in [0.4, 0.5) is 14.6 Å². The SMILES string of the molecule is COCOc1cc(OC(F)F)ccc1-c1nnc(N[C@@H]2CCCNC2)c2c1COCC2. The lowest BCUT2D eigenvalue weighted by Gasteiger charge is -2.27. The fourth-order valence-corrected chi connectivity index (χ4v) is 3.90. The third-order valence-corrected chi connectivity index (χ3v) is 5.33. The fourth-order valence-electron chi connectivity index (χ4n) is 3.90. The van der Waals surface area contributed by atoms with Crippen LogP contribution in [0.1, 0.15) is 24.0 Å². The summed E-state index contributed by atoms with van der Waals surface area (Å²) in [5, 5.41) is 15.8. The number of ether oxygens (including phenoxy) is 4. The standard InChI is InChI=1S/C21H26F2N4O4/c1-28-12-30-18-9-14(31-21(22)23)4-5-16(18)19-17-11-29-8-6-15(17)20(27-26-19)25-13-3-2-7-24-10-13/h4-5,9,13,21,24H,2-3,6-8,10-12H2,1H3,(H,25,27)/t13-/m1/s1. The van der Waals surface area contributed by atoms with E-state index in [-0.39, 0.29) is 12.5 Å². The molecule has 1 aromatic carbocycles. The van der Waals surface area contributed by atoms with Crippen molar-refractivity contribution in [3.63, 3.8) is 0 Å². The van der Waals surface area contributed by atoms with Gasteiger partial charge in [-0.3, -0.25) is 0 Å². The van der Waals surface area contributed by atoms with Crippen LogP contribution in [-0.2, 0) is 22.5 Å². The van der Waals surface area contributed by atoms with Crippen molar-refractivity contribution in [1.29, 1.82) is 0 Å². The number of rotatable bonds is 8. The van der Waals surface area contributed by atoms with E-state index in [1.54, 1.807) is 6.07 Å². The fraction of sp³-hybridized carbons (Fsp3) is 0.524. The number of methoxy groups -OCH3 is 1. The van der Waals surface area contributed by atoms with Crippen LogP contribution in [0, 0.1) is 0 Å². The molecular weight excluding hydrogens is 410 g/mol. The number of nitrogens with one attached hydrogen (secondary N) is 2. The van der Waals surface area contributed by atoms with Gasteiger partial charge in [-0.15, -0.1) is 10.2 Å². The van der Waals surface area contributed by atoms with Crippen LogP contribution in [0.15, 0.2) is 18.2 Å². The van der Waals surface area contributed by atoms with Gasteiger partial charge in [-0.1, -0.05) is 0 Å². The lowest BCUT2D eigenvalue weighted by Crippen LogP contribution is -2.39. The molecule has 0 bridgehead atoms. The van der Waals surface area contributed by atoms with Crippen molar-refractivity contribution in [3.8, 4) is 22.8 Å². The second kappa shape index (κ2) is 10.2. The van der Waals surface area contributed by atoms with Crippen molar-refractivity contribution in [2.24, 2.45) is 0 Å². The summed E-state index contributed by atoms with van der Waals surface area (Å²) in [6.45, 7) is -0.0759. The third-order valence-electron chi connectivity index (χ3n) is 5.33. The van der Waals surface area contributed by atoms with Gasteiger partial charge in [-0.25, -0.2) is 0 Å². The molecule has 2 N–H and O–H groups in total. The van der Waals surface area contributed by atoms with E-state index >= 15 is 0 Å². The van der Waals surface area contributed by atoms with E-state index in [9.17, 15) is 8.78 Å². The molecule has 0 unspecified atom stereocenters. The summed E-state index contributed by atoms with van der Waals surface area (Å²) in [4.78, 5) is 0. The Morgan fingerprint density at radius 3 is 2.97 bits per heavy atom. The van der Waals surface area contributed by atoms with E-state index in [0.717, 1.165) is 42.9 Å². The average Bonchev–Trinajstić information content (AvgIpc) is 2.79. The molecule has 1 atom stereocenters. The van der Waals surface area contributed by atoms with Crippen LogP contribution in [0.5, 0.6) is 11.5 Å². The summed E-state index contributed by atoms with van der Waals surface area (Å²) in [7, 11) is 1.48. The highest BCUT2D eigenvalue weighted by Crippen LogP contribution is 2.38. The maximum atomic E-state index is 12.7. The minimum atomic E-state index is -2.93. The van der Waals surface area contributed by atoms with Gasteiger partial charge < -0.3 is 29.6 Å². The number of alkyl halides is 2. The molecule has 0 radical (unpaired) electrons. The van der Waals surface area contributed by atoms with Gasteiger partial charge in [-0.2, -0.15) is 8.78 Å². The Bertz CT molecular complexity index is 894. The molecule has 0 aliphatic carbocycles. The Morgan fingerprint density at radius 1 is 1.29 bits per heavy atom. The van der Waals surface area contributed by atoms with Crippen LogP contribution < -0.4 is 20.1 Å². The number of piperidine rings is 1. The first-order valence-electron chi connectivity index (χ1n) is 10.3. The number of anilines is 1. The number of hydrogen-bond acceptors (Lipinski definition) is 8. The Kier molecular flexibility index (Phi) is 7.10. The first kappa shape index (κ1) is 21.7. The molecule has 2 aliphatic heterocycles. The van der Waals surface area contributed by atoms with E-state index in [1.165, 1.54) is 19.2 Å². The zero-order valence-corrected chi connectivity index (χ0v) is 17.3. The molecule has 1 saturated heterocycles. The second-order valence-electron chi connectivity index (χ2n) is 7.43. The van der Waals surface area contributed by atoms with Crippen LogP contribution in [-0.4, -0.2) is 56.4 Å². The van der Waals surface area contributed by atoms with Gasteiger partial charge in [0.25, 0.3) is 0 Å². The molecule has 8 nitrogen and oxygen atoms in total. The van der Waals surface area contributed by atoms with E-state index in [0.29, 0.717) is 42.7 Å². The first-order chi connectivity index (χ1) is 15.2.